The van der Waals surface area contributed by atoms with Crippen molar-refractivity contribution < 1.29 is 4.39 Å². The monoisotopic (exact) mass is 306 g/mol. The highest BCUT2D eigenvalue weighted by molar-refractivity contribution is 14.1. The average molecular weight is 306 g/mol. The smallest absolute Gasteiger partial charge is 0.138 e. The second-order valence-corrected chi connectivity index (χ2v) is 4.60. The van der Waals surface area contributed by atoms with E-state index in [9.17, 15) is 4.39 Å². The quantitative estimate of drug-likeness (QED) is 0.779. The van der Waals surface area contributed by atoms with Crippen molar-refractivity contribution in [2.75, 3.05) is 17.2 Å². The zero-order chi connectivity index (χ0) is 10.1. The second-order valence-electron chi connectivity index (χ2n) is 3.44. The number of halogens is 2. The summed E-state index contributed by atoms with van der Waals surface area (Å²) in [5, 5.41) is 6.61. The largest absolute Gasteiger partial charge is 0.381 e. The van der Waals surface area contributed by atoms with E-state index in [1.807, 2.05) is 28.7 Å². The van der Waals surface area contributed by atoms with Crippen LogP contribution in [0.3, 0.4) is 0 Å². The van der Waals surface area contributed by atoms with Crippen LogP contribution in [0, 0.1) is 9.39 Å². The lowest BCUT2D eigenvalue weighted by Gasteiger charge is -2.27. The highest BCUT2D eigenvalue weighted by Gasteiger charge is 2.17. The number of benzene rings is 1. The Hall–Kier alpha value is -0.520. The molecule has 1 aromatic carbocycles. The maximum atomic E-state index is 13.3. The first-order valence-corrected chi connectivity index (χ1v) is 5.78. The van der Waals surface area contributed by atoms with E-state index >= 15 is 0 Å². The summed E-state index contributed by atoms with van der Waals surface area (Å²) in [5.41, 5.74) is 1.88. The van der Waals surface area contributed by atoms with E-state index in [2.05, 4.69) is 17.6 Å². The summed E-state index contributed by atoms with van der Waals surface area (Å²) >= 11 is 2.00. The Balaban J connectivity index is 2.33. The van der Waals surface area contributed by atoms with Crippen LogP contribution in [-0.4, -0.2) is 12.6 Å². The number of anilines is 2. The molecule has 1 heterocycles. The lowest BCUT2D eigenvalue weighted by Crippen LogP contribution is -2.32. The van der Waals surface area contributed by atoms with Crippen LogP contribution in [0.2, 0.25) is 0 Å². The fourth-order valence-corrected chi connectivity index (χ4v) is 2.03. The third-order valence-corrected chi connectivity index (χ3v) is 3.28. The van der Waals surface area contributed by atoms with Crippen molar-refractivity contribution >= 4 is 34.0 Å². The Kier molecular flexibility index (Phi) is 2.80. The SMILES string of the molecule is CCC1CNc2cc(I)c(F)cc2N1. The Morgan fingerprint density at radius 2 is 2.29 bits per heavy atom. The van der Waals surface area contributed by atoms with Gasteiger partial charge < -0.3 is 10.6 Å². The Morgan fingerprint density at radius 3 is 3.00 bits per heavy atom. The minimum atomic E-state index is -0.157. The first-order valence-electron chi connectivity index (χ1n) is 4.70. The molecule has 0 amide bonds. The summed E-state index contributed by atoms with van der Waals surface area (Å²) < 4.78 is 13.9. The minimum absolute atomic E-state index is 0.157. The predicted octanol–water partition coefficient (Wildman–Crippen LogP) is 3.05. The van der Waals surface area contributed by atoms with E-state index in [1.54, 1.807) is 6.07 Å². The maximum absolute atomic E-state index is 13.3. The first kappa shape index (κ1) is 10.0. The number of rotatable bonds is 1. The molecule has 76 valence electrons. The summed E-state index contributed by atoms with van der Waals surface area (Å²) in [4.78, 5) is 0. The number of hydrogen-bond donors (Lipinski definition) is 2. The van der Waals surface area contributed by atoms with Gasteiger partial charge in [-0.2, -0.15) is 0 Å². The molecule has 1 atom stereocenters. The molecule has 0 aromatic heterocycles. The standard InChI is InChI=1S/C10H12FIN2/c1-2-6-5-13-9-4-8(12)7(11)3-10(9)14-6/h3-4,6,13-14H,2,5H2,1H3. The van der Waals surface area contributed by atoms with Crippen LogP contribution in [0.1, 0.15) is 13.3 Å². The third-order valence-electron chi connectivity index (χ3n) is 2.45. The lowest BCUT2D eigenvalue weighted by atomic mass is 10.1. The van der Waals surface area contributed by atoms with Crippen LogP contribution in [0.5, 0.6) is 0 Å². The van der Waals surface area contributed by atoms with E-state index in [0.29, 0.717) is 9.61 Å². The van der Waals surface area contributed by atoms with Crippen molar-refractivity contribution in [3.8, 4) is 0 Å². The average Bonchev–Trinajstić information content (AvgIpc) is 2.19. The molecule has 0 saturated heterocycles. The number of nitrogens with one attached hydrogen (secondary N) is 2. The highest BCUT2D eigenvalue weighted by Crippen LogP contribution is 2.30. The third kappa shape index (κ3) is 1.80. The molecule has 0 bridgehead atoms. The summed E-state index contributed by atoms with van der Waals surface area (Å²) in [6.45, 7) is 3.03. The van der Waals surface area contributed by atoms with E-state index in [4.69, 9.17) is 0 Å². The molecule has 2 rings (SSSR count). The molecule has 1 aliphatic rings. The highest BCUT2D eigenvalue weighted by atomic mass is 127. The lowest BCUT2D eigenvalue weighted by molar-refractivity contribution is 0.618. The van der Waals surface area contributed by atoms with E-state index in [-0.39, 0.29) is 5.82 Å². The van der Waals surface area contributed by atoms with Gasteiger partial charge in [0.25, 0.3) is 0 Å². The molecule has 1 aliphatic heterocycles. The zero-order valence-corrected chi connectivity index (χ0v) is 10.1. The van der Waals surface area contributed by atoms with Gasteiger partial charge in [0, 0.05) is 18.7 Å². The van der Waals surface area contributed by atoms with Crippen molar-refractivity contribution in [2.45, 2.75) is 19.4 Å². The van der Waals surface area contributed by atoms with Gasteiger partial charge in [-0.25, -0.2) is 4.39 Å². The summed E-state index contributed by atoms with van der Waals surface area (Å²) in [5.74, 6) is -0.157. The molecular formula is C10H12FIN2. The Morgan fingerprint density at radius 1 is 1.50 bits per heavy atom. The molecule has 2 nitrogen and oxygen atoms in total. The van der Waals surface area contributed by atoms with Gasteiger partial charge in [-0.1, -0.05) is 6.92 Å². The van der Waals surface area contributed by atoms with Crippen LogP contribution >= 0.6 is 22.6 Å². The molecule has 0 spiro atoms. The predicted molar refractivity (Wildman–Crippen MR) is 65.3 cm³/mol. The van der Waals surface area contributed by atoms with Gasteiger partial charge in [0.05, 0.1) is 14.9 Å². The molecule has 1 unspecified atom stereocenters. The molecular weight excluding hydrogens is 294 g/mol. The van der Waals surface area contributed by atoms with Crippen molar-refractivity contribution in [2.24, 2.45) is 0 Å². The molecule has 1 aromatic rings. The molecule has 14 heavy (non-hydrogen) atoms. The van der Waals surface area contributed by atoms with Gasteiger partial charge >= 0.3 is 0 Å². The molecule has 0 saturated carbocycles. The second kappa shape index (κ2) is 3.92. The molecule has 0 fully saturated rings. The van der Waals surface area contributed by atoms with Gasteiger partial charge in [0.1, 0.15) is 5.82 Å². The Labute approximate surface area is 96.4 Å². The summed E-state index contributed by atoms with van der Waals surface area (Å²) in [6, 6.07) is 3.80. The number of fused-ring (bicyclic) bond motifs is 1. The summed E-state index contributed by atoms with van der Waals surface area (Å²) in [7, 11) is 0. The fourth-order valence-electron chi connectivity index (χ4n) is 1.56. The normalized spacial score (nSPS) is 19.5. The van der Waals surface area contributed by atoms with E-state index in [1.165, 1.54) is 0 Å². The van der Waals surface area contributed by atoms with Gasteiger partial charge in [-0.05, 0) is 35.1 Å². The molecule has 0 radical (unpaired) electrons. The van der Waals surface area contributed by atoms with Crippen LogP contribution in [0.15, 0.2) is 12.1 Å². The van der Waals surface area contributed by atoms with E-state index in [0.717, 1.165) is 24.3 Å². The van der Waals surface area contributed by atoms with Gasteiger partial charge in [-0.3, -0.25) is 0 Å². The van der Waals surface area contributed by atoms with Crippen molar-refractivity contribution in [1.29, 1.82) is 0 Å². The summed E-state index contributed by atoms with van der Waals surface area (Å²) in [6.07, 6.45) is 1.04. The van der Waals surface area contributed by atoms with Crippen molar-refractivity contribution in [1.82, 2.24) is 0 Å². The number of hydrogen-bond acceptors (Lipinski definition) is 2. The molecule has 4 heteroatoms. The van der Waals surface area contributed by atoms with Gasteiger partial charge in [0.2, 0.25) is 0 Å². The molecule has 0 aliphatic carbocycles. The minimum Gasteiger partial charge on any atom is -0.381 e. The van der Waals surface area contributed by atoms with Crippen molar-refractivity contribution in [3.63, 3.8) is 0 Å². The molecule has 2 N–H and O–H groups in total. The van der Waals surface area contributed by atoms with Gasteiger partial charge in [0.15, 0.2) is 0 Å². The van der Waals surface area contributed by atoms with Crippen molar-refractivity contribution in [3.05, 3.63) is 21.5 Å². The van der Waals surface area contributed by atoms with E-state index < -0.39 is 0 Å². The van der Waals surface area contributed by atoms with Crippen LogP contribution in [0.25, 0.3) is 0 Å². The Bertz CT molecular complexity index is 354. The first-order chi connectivity index (χ1) is 6.70. The fraction of sp³-hybridized carbons (Fsp3) is 0.400. The maximum Gasteiger partial charge on any atom is 0.138 e. The zero-order valence-electron chi connectivity index (χ0n) is 7.90. The van der Waals surface area contributed by atoms with Gasteiger partial charge in [-0.15, -0.1) is 0 Å². The van der Waals surface area contributed by atoms with Crippen LogP contribution < -0.4 is 10.6 Å². The topological polar surface area (TPSA) is 24.1 Å². The van der Waals surface area contributed by atoms with Crippen LogP contribution in [-0.2, 0) is 0 Å². The van der Waals surface area contributed by atoms with Crippen LogP contribution in [0.4, 0.5) is 15.8 Å².